The number of halogens is 1. The van der Waals surface area contributed by atoms with Crippen molar-refractivity contribution >= 4 is 5.97 Å². The number of carboxylic acid groups (broad SMARTS) is 1. The Kier molecular flexibility index (Phi) is 4.10. The lowest BCUT2D eigenvalue weighted by Gasteiger charge is -2.21. The molecule has 0 aromatic heterocycles. The van der Waals surface area contributed by atoms with E-state index in [9.17, 15) is 9.18 Å². The zero-order valence-corrected chi connectivity index (χ0v) is 10.3. The Hall–Kier alpha value is -1.58. The number of carboxylic acids is 1. The molecule has 0 saturated heterocycles. The molecular weight excluding hydrogens is 223 g/mol. The summed E-state index contributed by atoms with van der Waals surface area (Å²) in [4.78, 5) is 11.1. The van der Waals surface area contributed by atoms with Gasteiger partial charge in [-0.25, -0.2) is 4.39 Å². The molecular formula is C13H17FO3. The number of hydrogen-bond donors (Lipinski definition) is 1. The molecule has 17 heavy (non-hydrogen) atoms. The highest BCUT2D eigenvalue weighted by molar-refractivity contribution is 5.74. The molecule has 1 aromatic rings. The molecule has 1 rings (SSSR count). The van der Waals surface area contributed by atoms with Crippen molar-refractivity contribution in [1.82, 2.24) is 0 Å². The van der Waals surface area contributed by atoms with Gasteiger partial charge in [-0.05, 0) is 31.9 Å². The predicted molar refractivity (Wildman–Crippen MR) is 62.9 cm³/mol. The van der Waals surface area contributed by atoms with Crippen molar-refractivity contribution in [3.05, 3.63) is 29.3 Å². The molecule has 0 aliphatic heterocycles. The summed E-state index contributed by atoms with van der Waals surface area (Å²) in [6.07, 6.45) is 0.277. The quantitative estimate of drug-likeness (QED) is 0.860. The number of benzene rings is 1. The summed E-state index contributed by atoms with van der Waals surface area (Å²) in [5.74, 6) is -0.434. The minimum absolute atomic E-state index is 0.277. The van der Waals surface area contributed by atoms with E-state index in [-0.39, 0.29) is 6.42 Å². The molecule has 0 amide bonds. The number of rotatable bonds is 5. The van der Waals surface area contributed by atoms with E-state index >= 15 is 0 Å². The number of ether oxygens (including phenoxy) is 1. The van der Waals surface area contributed by atoms with Gasteiger partial charge in [0.25, 0.3) is 0 Å². The lowest BCUT2D eigenvalue weighted by molar-refractivity contribution is -0.146. The van der Waals surface area contributed by atoms with Gasteiger partial charge in [-0.1, -0.05) is 12.1 Å². The topological polar surface area (TPSA) is 46.5 Å². The van der Waals surface area contributed by atoms with E-state index in [2.05, 4.69) is 0 Å². The van der Waals surface area contributed by atoms with Crippen molar-refractivity contribution in [2.75, 3.05) is 7.11 Å². The molecule has 0 saturated carbocycles. The first kappa shape index (κ1) is 13.5. The molecule has 0 aliphatic rings. The van der Waals surface area contributed by atoms with Gasteiger partial charge >= 0.3 is 5.97 Å². The van der Waals surface area contributed by atoms with Crippen LogP contribution in [0.1, 0.15) is 25.0 Å². The van der Waals surface area contributed by atoms with E-state index in [1.54, 1.807) is 32.0 Å². The molecule has 0 radical (unpaired) electrons. The Morgan fingerprint density at radius 2 is 2.12 bits per heavy atom. The molecule has 0 spiro atoms. The molecule has 1 N–H and O–H groups in total. The summed E-state index contributed by atoms with van der Waals surface area (Å²) >= 11 is 0. The molecule has 1 aromatic carbocycles. The average molecular weight is 240 g/mol. The second-order valence-corrected chi connectivity index (χ2v) is 4.60. The monoisotopic (exact) mass is 240 g/mol. The smallest absolute Gasteiger partial charge is 0.309 e. The number of methoxy groups -OCH3 is 1. The minimum Gasteiger partial charge on any atom is -0.496 e. The van der Waals surface area contributed by atoms with Crippen LogP contribution in [0.2, 0.25) is 0 Å². The third-order valence-electron chi connectivity index (χ3n) is 2.79. The van der Waals surface area contributed by atoms with Crippen LogP contribution in [0, 0.1) is 5.41 Å². The van der Waals surface area contributed by atoms with Crippen molar-refractivity contribution in [3.63, 3.8) is 0 Å². The Morgan fingerprint density at radius 1 is 1.47 bits per heavy atom. The first-order valence-electron chi connectivity index (χ1n) is 5.36. The van der Waals surface area contributed by atoms with Crippen LogP contribution in [0.25, 0.3) is 0 Å². The summed E-state index contributed by atoms with van der Waals surface area (Å²) in [5.41, 5.74) is 0.194. The summed E-state index contributed by atoms with van der Waals surface area (Å²) in [6.45, 7) is 2.59. The predicted octanol–water partition coefficient (Wildman–Crippen LogP) is 2.82. The van der Waals surface area contributed by atoms with E-state index < -0.39 is 18.1 Å². The first-order valence-corrected chi connectivity index (χ1v) is 5.36. The maximum absolute atomic E-state index is 13.0. The van der Waals surface area contributed by atoms with Gasteiger partial charge in [0.05, 0.1) is 12.5 Å². The van der Waals surface area contributed by atoms with Crippen LogP contribution in [-0.2, 0) is 17.9 Å². The summed E-state index contributed by atoms with van der Waals surface area (Å²) in [7, 11) is 1.47. The SMILES string of the molecule is COc1cccc(CC(C)(C)C(=O)O)c1CF. The Bertz CT molecular complexity index is 413. The van der Waals surface area contributed by atoms with E-state index in [1.807, 2.05) is 0 Å². The highest BCUT2D eigenvalue weighted by Crippen LogP contribution is 2.29. The van der Waals surface area contributed by atoms with Gasteiger partial charge in [0.2, 0.25) is 0 Å². The molecule has 94 valence electrons. The van der Waals surface area contributed by atoms with Crippen molar-refractivity contribution in [2.45, 2.75) is 26.9 Å². The van der Waals surface area contributed by atoms with Gasteiger partial charge in [-0.3, -0.25) is 4.79 Å². The van der Waals surface area contributed by atoms with Gasteiger partial charge in [0, 0.05) is 5.56 Å². The van der Waals surface area contributed by atoms with E-state index in [0.29, 0.717) is 16.9 Å². The van der Waals surface area contributed by atoms with Gasteiger partial charge < -0.3 is 9.84 Å². The Balaban J connectivity index is 3.10. The lowest BCUT2D eigenvalue weighted by Crippen LogP contribution is -2.26. The fraction of sp³-hybridized carbons (Fsp3) is 0.462. The normalized spacial score (nSPS) is 11.3. The van der Waals surface area contributed by atoms with Crippen LogP contribution in [0.3, 0.4) is 0 Å². The van der Waals surface area contributed by atoms with Gasteiger partial charge in [-0.15, -0.1) is 0 Å². The van der Waals surface area contributed by atoms with Crippen LogP contribution in [-0.4, -0.2) is 18.2 Å². The second-order valence-electron chi connectivity index (χ2n) is 4.60. The second kappa shape index (κ2) is 5.17. The van der Waals surface area contributed by atoms with Crippen LogP contribution >= 0.6 is 0 Å². The number of alkyl halides is 1. The van der Waals surface area contributed by atoms with Gasteiger partial charge in [-0.2, -0.15) is 0 Å². The van der Waals surface area contributed by atoms with Crippen molar-refractivity contribution in [3.8, 4) is 5.75 Å². The average Bonchev–Trinajstić information content (AvgIpc) is 2.27. The standard InChI is InChI=1S/C13H17FO3/c1-13(2,12(15)16)7-9-5-4-6-11(17-3)10(9)8-14/h4-6H,7-8H2,1-3H3,(H,15,16). The van der Waals surface area contributed by atoms with Crippen molar-refractivity contribution in [2.24, 2.45) is 5.41 Å². The zero-order chi connectivity index (χ0) is 13.1. The largest absolute Gasteiger partial charge is 0.496 e. The first-order chi connectivity index (χ1) is 7.92. The Labute approximate surface area is 100 Å². The van der Waals surface area contributed by atoms with Gasteiger partial charge in [0.1, 0.15) is 12.4 Å². The molecule has 0 bridgehead atoms. The van der Waals surface area contributed by atoms with Gasteiger partial charge in [0.15, 0.2) is 0 Å². The highest BCUT2D eigenvalue weighted by atomic mass is 19.1. The van der Waals surface area contributed by atoms with Crippen LogP contribution < -0.4 is 4.74 Å². The molecule has 0 heterocycles. The fourth-order valence-electron chi connectivity index (χ4n) is 1.67. The highest BCUT2D eigenvalue weighted by Gasteiger charge is 2.28. The fourth-order valence-corrected chi connectivity index (χ4v) is 1.67. The molecule has 0 unspecified atom stereocenters. The number of aliphatic carboxylic acids is 1. The number of hydrogen-bond acceptors (Lipinski definition) is 2. The minimum atomic E-state index is -0.920. The third-order valence-corrected chi connectivity index (χ3v) is 2.79. The van der Waals surface area contributed by atoms with Crippen LogP contribution in [0.4, 0.5) is 4.39 Å². The lowest BCUT2D eigenvalue weighted by atomic mass is 9.84. The summed E-state index contributed by atoms with van der Waals surface area (Å²) in [6, 6.07) is 5.15. The van der Waals surface area contributed by atoms with Crippen LogP contribution in [0.5, 0.6) is 5.75 Å². The maximum atomic E-state index is 13.0. The molecule has 4 heteroatoms. The van der Waals surface area contributed by atoms with Crippen molar-refractivity contribution < 1.29 is 19.0 Å². The molecule has 3 nitrogen and oxygen atoms in total. The van der Waals surface area contributed by atoms with E-state index in [1.165, 1.54) is 7.11 Å². The molecule has 0 aliphatic carbocycles. The molecule has 0 fully saturated rings. The third kappa shape index (κ3) is 2.96. The van der Waals surface area contributed by atoms with Crippen LogP contribution in [0.15, 0.2) is 18.2 Å². The number of carbonyl (C=O) groups is 1. The van der Waals surface area contributed by atoms with Crippen molar-refractivity contribution in [1.29, 1.82) is 0 Å². The Morgan fingerprint density at radius 3 is 2.59 bits per heavy atom. The molecule has 0 atom stereocenters. The maximum Gasteiger partial charge on any atom is 0.309 e. The zero-order valence-electron chi connectivity index (χ0n) is 10.3. The summed E-state index contributed by atoms with van der Waals surface area (Å²) < 4.78 is 18.0. The van der Waals surface area contributed by atoms with E-state index in [0.717, 1.165) is 0 Å². The summed E-state index contributed by atoms with van der Waals surface area (Å²) in [5, 5.41) is 9.07. The van der Waals surface area contributed by atoms with E-state index in [4.69, 9.17) is 9.84 Å².